The smallest absolute Gasteiger partial charge is 0.471 e. The normalized spacial score (nSPS) is 15.5. The number of hydrogen-bond donors (Lipinski definition) is 3. The van der Waals surface area contributed by atoms with Gasteiger partial charge >= 0.3 is 7.82 Å². The quantitative estimate of drug-likeness (QED) is 0.415. The summed E-state index contributed by atoms with van der Waals surface area (Å²) in [6.45, 7) is 1.83. The lowest BCUT2D eigenvalue weighted by Crippen LogP contribution is -2.38. The van der Waals surface area contributed by atoms with Gasteiger partial charge in [0.2, 0.25) is 0 Å². The summed E-state index contributed by atoms with van der Waals surface area (Å²) in [5.41, 5.74) is 5.77. The van der Waals surface area contributed by atoms with Crippen LogP contribution in [0.1, 0.15) is 18.9 Å². The maximum Gasteiger partial charge on any atom is 0.471 e. The molecule has 0 amide bonds. The maximum absolute atomic E-state index is 11.1. The average molecular weight is 393 g/mol. The molecule has 0 aliphatic carbocycles. The van der Waals surface area contributed by atoms with Crippen LogP contribution in [-0.2, 0) is 14.7 Å². The minimum absolute atomic E-state index is 0.0675. The lowest BCUT2D eigenvalue weighted by atomic mass is 9.93. The van der Waals surface area contributed by atoms with E-state index >= 15 is 0 Å². The Kier molecular flexibility index (Phi) is 5.48. The van der Waals surface area contributed by atoms with Crippen LogP contribution in [0.2, 0.25) is 0 Å². The second kappa shape index (κ2) is 7.48. The molecule has 0 saturated heterocycles. The molecular formula is C18H20NO5PS. The Morgan fingerprint density at radius 2 is 1.92 bits per heavy atom. The lowest BCUT2D eigenvalue weighted by Gasteiger charge is -2.33. The number of thiophene rings is 1. The van der Waals surface area contributed by atoms with Crippen LogP contribution < -0.4 is 10.5 Å². The zero-order chi connectivity index (χ0) is 18.8. The second-order valence-corrected chi connectivity index (χ2v) is 8.13. The van der Waals surface area contributed by atoms with Crippen molar-refractivity contribution in [3.8, 4) is 5.75 Å². The van der Waals surface area contributed by atoms with Crippen LogP contribution in [0.15, 0.2) is 59.3 Å². The van der Waals surface area contributed by atoms with Crippen molar-refractivity contribution in [2.45, 2.75) is 25.2 Å². The molecule has 0 aliphatic heterocycles. The molecule has 26 heavy (non-hydrogen) atoms. The van der Waals surface area contributed by atoms with Crippen LogP contribution in [0.4, 0.5) is 0 Å². The van der Waals surface area contributed by atoms with Gasteiger partial charge in [0.1, 0.15) is 17.6 Å². The van der Waals surface area contributed by atoms with Crippen LogP contribution in [0.3, 0.4) is 0 Å². The highest BCUT2D eigenvalue weighted by Crippen LogP contribution is 2.41. The largest absolute Gasteiger partial charge is 0.482 e. The van der Waals surface area contributed by atoms with Gasteiger partial charge in [-0.3, -0.25) is 4.52 Å². The van der Waals surface area contributed by atoms with E-state index in [1.165, 1.54) is 11.3 Å². The minimum atomic E-state index is -4.68. The molecular weight excluding hydrogens is 373 g/mol. The van der Waals surface area contributed by atoms with Crippen molar-refractivity contribution in [3.63, 3.8) is 0 Å². The van der Waals surface area contributed by atoms with E-state index in [-0.39, 0.29) is 6.42 Å². The second-order valence-electron chi connectivity index (χ2n) is 6.16. The molecule has 1 aromatic heterocycles. The third-order valence-corrected chi connectivity index (χ3v) is 5.31. The number of phosphoric acid groups is 1. The standard InChI is InChI=1S/C18H20NO5PS/c1-18(14-9-10-26-12-14,11-17(19)24-25(20,21)22)23-16-8-4-6-13-5-2-3-7-15(13)16/h2-10,12,17H,11,19H2,1H3,(H2,20,21,22). The Labute approximate surface area is 155 Å². The summed E-state index contributed by atoms with van der Waals surface area (Å²) < 4.78 is 22.1. The van der Waals surface area contributed by atoms with Crippen LogP contribution >= 0.6 is 19.2 Å². The molecule has 0 aliphatic rings. The fraction of sp³-hybridized carbons (Fsp3) is 0.222. The van der Waals surface area contributed by atoms with Crippen LogP contribution in [0.5, 0.6) is 5.75 Å². The Morgan fingerprint density at radius 1 is 1.19 bits per heavy atom. The van der Waals surface area contributed by atoms with Gasteiger partial charge in [0, 0.05) is 17.4 Å². The topological polar surface area (TPSA) is 102 Å². The third-order valence-electron chi connectivity index (χ3n) is 4.08. The highest BCUT2D eigenvalue weighted by atomic mass is 32.1. The van der Waals surface area contributed by atoms with Crippen molar-refractivity contribution >= 4 is 29.9 Å². The molecule has 3 aromatic rings. The SMILES string of the molecule is CC(CC(N)OP(=O)(O)O)(Oc1cccc2ccccc12)c1ccsc1. The number of benzene rings is 2. The lowest BCUT2D eigenvalue weighted by molar-refractivity contribution is 0.0237. The summed E-state index contributed by atoms with van der Waals surface area (Å²) in [5.74, 6) is 0.667. The van der Waals surface area contributed by atoms with Gasteiger partial charge in [0.25, 0.3) is 0 Å². The van der Waals surface area contributed by atoms with Crippen molar-refractivity contribution in [1.82, 2.24) is 0 Å². The maximum atomic E-state index is 11.1. The Balaban J connectivity index is 1.95. The van der Waals surface area contributed by atoms with Crippen molar-refractivity contribution in [2.75, 3.05) is 0 Å². The number of hydrogen-bond acceptors (Lipinski definition) is 5. The summed E-state index contributed by atoms with van der Waals surface area (Å²) in [4.78, 5) is 18.0. The van der Waals surface area contributed by atoms with Gasteiger partial charge in [-0.1, -0.05) is 36.4 Å². The van der Waals surface area contributed by atoms with E-state index in [1.807, 2.05) is 66.2 Å². The van der Waals surface area contributed by atoms with Crippen LogP contribution in [-0.4, -0.2) is 16.0 Å². The van der Waals surface area contributed by atoms with Crippen LogP contribution in [0.25, 0.3) is 10.8 Å². The first-order valence-corrected chi connectivity index (χ1v) is 10.4. The van der Waals surface area contributed by atoms with Gasteiger partial charge in [-0.05, 0) is 35.2 Å². The van der Waals surface area contributed by atoms with E-state index in [1.54, 1.807) is 0 Å². The molecule has 0 radical (unpaired) electrons. The van der Waals surface area contributed by atoms with E-state index in [4.69, 9.17) is 20.3 Å². The van der Waals surface area contributed by atoms with E-state index in [0.29, 0.717) is 5.75 Å². The van der Waals surface area contributed by atoms with Crippen molar-refractivity contribution in [2.24, 2.45) is 5.73 Å². The molecule has 8 heteroatoms. The predicted molar refractivity (Wildman–Crippen MR) is 102 cm³/mol. The van der Waals surface area contributed by atoms with E-state index in [9.17, 15) is 4.57 Å². The van der Waals surface area contributed by atoms with Crippen molar-refractivity contribution < 1.29 is 23.6 Å². The van der Waals surface area contributed by atoms with Crippen molar-refractivity contribution in [3.05, 3.63) is 64.9 Å². The molecule has 2 aromatic carbocycles. The molecule has 3 rings (SSSR count). The molecule has 6 nitrogen and oxygen atoms in total. The summed E-state index contributed by atoms with van der Waals surface area (Å²) in [7, 11) is -4.68. The zero-order valence-electron chi connectivity index (χ0n) is 14.1. The molecule has 1 heterocycles. The monoisotopic (exact) mass is 393 g/mol. The van der Waals surface area contributed by atoms with Gasteiger partial charge in [-0.2, -0.15) is 11.3 Å². The number of rotatable bonds is 7. The van der Waals surface area contributed by atoms with E-state index in [0.717, 1.165) is 16.3 Å². The number of nitrogens with two attached hydrogens (primary N) is 1. The van der Waals surface area contributed by atoms with Gasteiger partial charge in [0.15, 0.2) is 0 Å². The molecule has 138 valence electrons. The fourth-order valence-corrected chi connectivity index (χ4v) is 4.11. The van der Waals surface area contributed by atoms with Crippen molar-refractivity contribution in [1.29, 1.82) is 0 Å². The van der Waals surface area contributed by atoms with E-state index < -0.39 is 19.7 Å². The van der Waals surface area contributed by atoms with Gasteiger partial charge in [0.05, 0.1) is 0 Å². The number of phosphoric ester groups is 1. The van der Waals surface area contributed by atoms with Gasteiger partial charge < -0.3 is 20.3 Å². The molecule has 0 bridgehead atoms. The molecule has 0 fully saturated rings. The highest BCUT2D eigenvalue weighted by molar-refractivity contribution is 7.46. The average Bonchev–Trinajstić information content (AvgIpc) is 3.08. The molecule has 2 atom stereocenters. The third kappa shape index (κ3) is 4.51. The molecule has 2 unspecified atom stereocenters. The Hall–Kier alpha value is -1.73. The molecule has 0 saturated carbocycles. The Morgan fingerprint density at radius 3 is 2.62 bits per heavy atom. The van der Waals surface area contributed by atoms with Gasteiger partial charge in [-0.25, -0.2) is 4.57 Å². The predicted octanol–water partition coefficient (Wildman–Crippen LogP) is 3.98. The summed E-state index contributed by atoms with van der Waals surface area (Å²) in [5, 5.41) is 5.82. The Bertz CT molecular complexity index is 921. The van der Waals surface area contributed by atoms with Gasteiger partial charge in [-0.15, -0.1) is 0 Å². The first-order valence-electron chi connectivity index (χ1n) is 7.96. The highest BCUT2D eigenvalue weighted by Gasteiger charge is 2.35. The summed E-state index contributed by atoms with van der Waals surface area (Å²) in [6, 6.07) is 15.5. The number of ether oxygens (including phenoxy) is 1. The fourth-order valence-electron chi connectivity index (χ4n) is 2.91. The molecule has 0 spiro atoms. The van der Waals surface area contributed by atoms with Crippen LogP contribution in [0, 0.1) is 0 Å². The first-order chi connectivity index (χ1) is 12.3. The number of fused-ring (bicyclic) bond motifs is 1. The summed E-state index contributed by atoms with van der Waals surface area (Å²) in [6.07, 6.45) is -1.12. The van der Waals surface area contributed by atoms with E-state index in [2.05, 4.69) is 4.52 Å². The molecule has 4 N–H and O–H groups in total. The minimum Gasteiger partial charge on any atom is -0.482 e. The zero-order valence-corrected chi connectivity index (χ0v) is 15.8. The first kappa shape index (κ1) is 19.0. The summed E-state index contributed by atoms with van der Waals surface area (Å²) >= 11 is 1.51.